The summed E-state index contributed by atoms with van der Waals surface area (Å²) in [7, 11) is 0. The zero-order valence-corrected chi connectivity index (χ0v) is 12.0. The monoisotopic (exact) mass is 280 g/mol. The molecule has 0 bridgehead atoms. The summed E-state index contributed by atoms with van der Waals surface area (Å²) in [6.07, 6.45) is 2.60. The lowest BCUT2D eigenvalue weighted by molar-refractivity contribution is 0.432. The standard InChI is InChI=1S/C16H16N4O/c1-3-11-5-4-8-18-14(11)15-19-16(21-20-15)12-7-6-10(2)13(17)9-12/h4-9H,3,17H2,1-2H3. The van der Waals surface area contributed by atoms with E-state index in [1.165, 1.54) is 0 Å². The molecule has 2 N–H and O–H groups in total. The van der Waals surface area contributed by atoms with E-state index < -0.39 is 0 Å². The second-order valence-corrected chi connectivity index (χ2v) is 4.86. The third-order valence-corrected chi connectivity index (χ3v) is 3.44. The summed E-state index contributed by atoms with van der Waals surface area (Å²) in [6.45, 7) is 4.03. The van der Waals surface area contributed by atoms with Gasteiger partial charge in [0, 0.05) is 17.4 Å². The summed E-state index contributed by atoms with van der Waals surface area (Å²) in [5, 5.41) is 4.03. The van der Waals surface area contributed by atoms with Crippen molar-refractivity contribution in [3.63, 3.8) is 0 Å². The van der Waals surface area contributed by atoms with Crippen LogP contribution in [0.15, 0.2) is 41.1 Å². The molecule has 0 amide bonds. The van der Waals surface area contributed by atoms with Crippen LogP contribution in [0.4, 0.5) is 5.69 Å². The summed E-state index contributed by atoms with van der Waals surface area (Å²) in [4.78, 5) is 8.78. The van der Waals surface area contributed by atoms with Crippen molar-refractivity contribution in [2.45, 2.75) is 20.3 Å². The van der Waals surface area contributed by atoms with Gasteiger partial charge in [0.25, 0.3) is 5.89 Å². The fraction of sp³-hybridized carbons (Fsp3) is 0.188. The van der Waals surface area contributed by atoms with Crippen LogP contribution < -0.4 is 5.73 Å². The Morgan fingerprint density at radius 1 is 1.24 bits per heavy atom. The van der Waals surface area contributed by atoms with Crippen LogP contribution in [-0.2, 0) is 6.42 Å². The molecule has 0 aliphatic heterocycles. The minimum Gasteiger partial charge on any atom is -0.398 e. The van der Waals surface area contributed by atoms with Gasteiger partial charge in [-0.3, -0.25) is 4.98 Å². The van der Waals surface area contributed by atoms with Gasteiger partial charge in [0.1, 0.15) is 5.69 Å². The minimum atomic E-state index is 0.449. The third-order valence-electron chi connectivity index (χ3n) is 3.44. The molecule has 2 heterocycles. The molecule has 21 heavy (non-hydrogen) atoms. The summed E-state index contributed by atoms with van der Waals surface area (Å²) >= 11 is 0. The Labute approximate surface area is 122 Å². The van der Waals surface area contributed by atoms with Gasteiger partial charge in [-0.2, -0.15) is 4.98 Å². The summed E-state index contributed by atoms with van der Waals surface area (Å²) < 4.78 is 5.34. The van der Waals surface area contributed by atoms with Crippen LogP contribution in [0, 0.1) is 6.92 Å². The normalized spacial score (nSPS) is 10.8. The number of nitrogens with two attached hydrogens (primary N) is 1. The molecule has 3 rings (SSSR count). The summed E-state index contributed by atoms with van der Waals surface area (Å²) in [5.74, 6) is 0.950. The molecule has 3 aromatic rings. The Hall–Kier alpha value is -2.69. The van der Waals surface area contributed by atoms with Gasteiger partial charge in [-0.15, -0.1) is 0 Å². The van der Waals surface area contributed by atoms with Gasteiger partial charge in [0.15, 0.2) is 0 Å². The van der Waals surface area contributed by atoms with Crippen LogP contribution in [0.2, 0.25) is 0 Å². The number of pyridine rings is 1. The molecule has 5 heteroatoms. The molecular formula is C16H16N4O. The number of anilines is 1. The summed E-state index contributed by atoms with van der Waals surface area (Å²) in [5.41, 5.74) is 10.3. The lowest BCUT2D eigenvalue weighted by atomic mass is 10.1. The van der Waals surface area contributed by atoms with E-state index in [1.54, 1.807) is 6.20 Å². The highest BCUT2D eigenvalue weighted by Crippen LogP contribution is 2.25. The SMILES string of the molecule is CCc1cccnc1-c1noc(-c2ccc(C)c(N)c2)n1. The van der Waals surface area contributed by atoms with Gasteiger partial charge in [-0.05, 0) is 42.7 Å². The molecule has 1 aromatic carbocycles. The highest BCUT2D eigenvalue weighted by atomic mass is 16.5. The van der Waals surface area contributed by atoms with Crippen molar-refractivity contribution in [1.82, 2.24) is 15.1 Å². The largest absolute Gasteiger partial charge is 0.398 e. The average Bonchev–Trinajstić information content (AvgIpc) is 2.99. The molecule has 0 aliphatic carbocycles. The van der Waals surface area contributed by atoms with Crippen molar-refractivity contribution in [1.29, 1.82) is 0 Å². The van der Waals surface area contributed by atoms with Crippen LogP contribution in [0.5, 0.6) is 0 Å². The molecule has 0 spiro atoms. The Morgan fingerprint density at radius 3 is 2.86 bits per heavy atom. The fourth-order valence-electron chi connectivity index (χ4n) is 2.14. The van der Waals surface area contributed by atoms with E-state index in [9.17, 15) is 0 Å². The number of rotatable bonds is 3. The molecule has 106 valence electrons. The number of benzene rings is 1. The Morgan fingerprint density at radius 2 is 2.10 bits per heavy atom. The van der Waals surface area contributed by atoms with Crippen LogP contribution in [0.3, 0.4) is 0 Å². The molecule has 0 saturated carbocycles. The van der Waals surface area contributed by atoms with Crippen molar-refractivity contribution in [2.75, 3.05) is 5.73 Å². The van der Waals surface area contributed by atoms with Gasteiger partial charge < -0.3 is 10.3 Å². The molecule has 0 aliphatic rings. The van der Waals surface area contributed by atoms with Crippen LogP contribution in [0.25, 0.3) is 23.0 Å². The van der Waals surface area contributed by atoms with E-state index in [0.717, 1.165) is 28.8 Å². The number of aromatic nitrogens is 3. The number of aryl methyl sites for hydroxylation is 2. The minimum absolute atomic E-state index is 0.449. The number of nitrogens with zero attached hydrogens (tertiary/aromatic N) is 3. The van der Waals surface area contributed by atoms with Crippen LogP contribution in [-0.4, -0.2) is 15.1 Å². The molecule has 0 unspecified atom stereocenters. The molecule has 2 aromatic heterocycles. The quantitative estimate of drug-likeness (QED) is 0.745. The third kappa shape index (κ3) is 2.50. The summed E-state index contributed by atoms with van der Waals surface area (Å²) in [6, 6.07) is 9.62. The van der Waals surface area contributed by atoms with Crippen LogP contribution in [0.1, 0.15) is 18.1 Å². The van der Waals surface area contributed by atoms with Gasteiger partial charge in [-0.1, -0.05) is 24.2 Å². The van der Waals surface area contributed by atoms with Gasteiger partial charge in [-0.25, -0.2) is 0 Å². The first-order valence-electron chi connectivity index (χ1n) is 6.83. The molecular weight excluding hydrogens is 264 g/mol. The van der Waals surface area contributed by atoms with Crippen molar-refractivity contribution >= 4 is 5.69 Å². The number of nitrogen functional groups attached to an aromatic ring is 1. The second kappa shape index (κ2) is 5.36. The average molecular weight is 280 g/mol. The second-order valence-electron chi connectivity index (χ2n) is 4.86. The Kier molecular flexibility index (Phi) is 3.39. The van der Waals surface area contributed by atoms with E-state index in [-0.39, 0.29) is 0 Å². The fourth-order valence-corrected chi connectivity index (χ4v) is 2.14. The predicted octanol–water partition coefficient (Wildman–Crippen LogP) is 3.25. The van der Waals surface area contributed by atoms with E-state index in [0.29, 0.717) is 17.4 Å². The highest BCUT2D eigenvalue weighted by molar-refractivity contribution is 5.64. The predicted molar refractivity (Wildman–Crippen MR) is 81.5 cm³/mol. The van der Waals surface area contributed by atoms with Crippen molar-refractivity contribution < 1.29 is 4.52 Å². The van der Waals surface area contributed by atoms with Crippen LogP contribution >= 0.6 is 0 Å². The maximum absolute atomic E-state index is 5.92. The molecule has 5 nitrogen and oxygen atoms in total. The van der Waals surface area contributed by atoms with E-state index >= 15 is 0 Å². The first-order chi connectivity index (χ1) is 10.2. The molecule has 0 radical (unpaired) electrons. The zero-order chi connectivity index (χ0) is 14.8. The molecule has 0 saturated heterocycles. The highest BCUT2D eigenvalue weighted by Gasteiger charge is 2.14. The lowest BCUT2D eigenvalue weighted by Crippen LogP contribution is -1.93. The first-order valence-corrected chi connectivity index (χ1v) is 6.83. The van der Waals surface area contributed by atoms with E-state index in [4.69, 9.17) is 10.3 Å². The number of hydrogen-bond acceptors (Lipinski definition) is 5. The molecule has 0 atom stereocenters. The van der Waals surface area contributed by atoms with Gasteiger partial charge >= 0.3 is 0 Å². The maximum Gasteiger partial charge on any atom is 0.258 e. The van der Waals surface area contributed by atoms with Crippen molar-refractivity contribution in [3.05, 3.63) is 47.7 Å². The van der Waals surface area contributed by atoms with Gasteiger partial charge in [0.2, 0.25) is 5.82 Å². The van der Waals surface area contributed by atoms with Crippen molar-refractivity contribution in [3.8, 4) is 23.0 Å². The topological polar surface area (TPSA) is 77.8 Å². The van der Waals surface area contributed by atoms with E-state index in [1.807, 2.05) is 37.3 Å². The smallest absolute Gasteiger partial charge is 0.258 e. The van der Waals surface area contributed by atoms with Gasteiger partial charge in [0.05, 0.1) is 0 Å². The van der Waals surface area contributed by atoms with E-state index in [2.05, 4.69) is 22.0 Å². The zero-order valence-electron chi connectivity index (χ0n) is 12.0. The molecule has 0 fully saturated rings. The van der Waals surface area contributed by atoms with Crippen molar-refractivity contribution in [2.24, 2.45) is 0 Å². The Bertz CT molecular complexity index is 779. The number of hydrogen-bond donors (Lipinski definition) is 1. The first kappa shape index (κ1) is 13.3. The maximum atomic E-state index is 5.92. The lowest BCUT2D eigenvalue weighted by Gasteiger charge is -2.01. The Balaban J connectivity index is 2.01.